The largest absolute Gasteiger partial charge is 0.455 e. The Morgan fingerprint density at radius 3 is 1.32 bits per heavy atom. The second-order valence-corrected chi connectivity index (χ2v) is 35.4. The molecule has 29 rings (SSSR count). The molecule has 2 nitrogen and oxygen atoms in total. The van der Waals surface area contributed by atoms with Crippen LogP contribution in [0.25, 0.3) is 211 Å². The van der Waals surface area contributed by atoms with Gasteiger partial charge in [0.2, 0.25) is 0 Å². The number of furan rings is 1. The van der Waals surface area contributed by atoms with Gasteiger partial charge in [0.1, 0.15) is 11.2 Å². The van der Waals surface area contributed by atoms with E-state index in [4.69, 9.17) is 4.42 Å². The lowest BCUT2D eigenvalue weighted by molar-refractivity contribution is 0.661. The molecule has 0 unspecified atom stereocenters. The molecule has 3 heteroatoms. The zero-order valence-electron chi connectivity index (χ0n) is 66.3. The van der Waals surface area contributed by atoms with Crippen LogP contribution in [0.15, 0.2) is 374 Å². The summed E-state index contributed by atoms with van der Waals surface area (Å²) in [6.45, 7) is 4.77. The van der Waals surface area contributed by atoms with Gasteiger partial charge in [0.05, 0.1) is 11.0 Å². The third-order valence-electron chi connectivity index (χ3n) is 27.6. The molecular weight excluding hydrogens is 1470 g/mol. The van der Waals surface area contributed by atoms with E-state index in [1.165, 1.54) is 256 Å². The Balaban J connectivity index is 0.0000000868. The van der Waals surface area contributed by atoms with Crippen molar-refractivity contribution in [3.05, 3.63) is 426 Å². The third kappa shape index (κ3) is 10.0. The van der Waals surface area contributed by atoms with E-state index in [0.29, 0.717) is 0 Å². The zero-order valence-corrected chi connectivity index (χ0v) is 67.1. The van der Waals surface area contributed by atoms with Crippen molar-refractivity contribution >= 4 is 161 Å². The first-order valence-corrected chi connectivity index (χ1v) is 43.1. The first-order chi connectivity index (χ1) is 59.2. The molecule has 560 valence electrons. The molecule has 21 aromatic carbocycles. The number of aromatic nitrogens is 1. The second kappa shape index (κ2) is 25.8. The van der Waals surface area contributed by atoms with Crippen molar-refractivity contribution in [2.24, 2.45) is 0 Å². The number of hydrogen-bond acceptors (Lipinski definition) is 2. The van der Waals surface area contributed by atoms with E-state index in [9.17, 15) is 0 Å². The van der Waals surface area contributed by atoms with Crippen LogP contribution < -0.4 is 0 Å². The monoisotopic (exact) mass is 1540 g/mol. The fourth-order valence-electron chi connectivity index (χ4n) is 22.1. The van der Waals surface area contributed by atoms with Crippen molar-refractivity contribution in [2.45, 2.75) is 44.9 Å². The molecule has 0 atom stereocenters. The van der Waals surface area contributed by atoms with E-state index in [2.05, 4.69) is 388 Å². The van der Waals surface area contributed by atoms with Gasteiger partial charge in [-0.05, 0) is 297 Å². The van der Waals surface area contributed by atoms with Crippen molar-refractivity contribution < 1.29 is 4.42 Å². The molecule has 0 saturated heterocycles. The molecule has 120 heavy (non-hydrogen) atoms. The lowest BCUT2D eigenvalue weighted by Crippen LogP contribution is -2.15. The molecular formula is C117H75NOS. The van der Waals surface area contributed by atoms with Crippen molar-refractivity contribution in [3.63, 3.8) is 0 Å². The van der Waals surface area contributed by atoms with Gasteiger partial charge in [-0.25, -0.2) is 0 Å². The molecule has 5 aliphatic carbocycles. The van der Waals surface area contributed by atoms with Crippen LogP contribution in [-0.4, -0.2) is 4.57 Å². The number of rotatable bonds is 1. The van der Waals surface area contributed by atoms with Crippen molar-refractivity contribution in [2.75, 3.05) is 0 Å². The van der Waals surface area contributed by atoms with E-state index in [-0.39, 0.29) is 5.41 Å². The highest BCUT2D eigenvalue weighted by Crippen LogP contribution is 2.57. The lowest BCUT2D eigenvalue weighted by Gasteiger charge is -2.22. The van der Waals surface area contributed by atoms with Gasteiger partial charge in [-0.1, -0.05) is 305 Å². The number of para-hydroxylation sites is 1. The van der Waals surface area contributed by atoms with Gasteiger partial charge in [-0.2, -0.15) is 0 Å². The Morgan fingerprint density at radius 1 is 0.250 bits per heavy atom. The summed E-state index contributed by atoms with van der Waals surface area (Å²) in [4.78, 5) is 0. The highest BCUT2D eigenvalue weighted by Gasteiger charge is 2.40. The van der Waals surface area contributed by atoms with Crippen molar-refractivity contribution in [1.82, 2.24) is 4.57 Å². The van der Waals surface area contributed by atoms with Crippen LogP contribution >= 0.6 is 11.3 Å². The lowest BCUT2D eigenvalue weighted by atomic mass is 9.81. The van der Waals surface area contributed by atoms with Gasteiger partial charge < -0.3 is 8.98 Å². The van der Waals surface area contributed by atoms with Crippen LogP contribution in [0.4, 0.5) is 0 Å². The van der Waals surface area contributed by atoms with Crippen molar-refractivity contribution in [3.8, 4) is 61.3 Å². The highest BCUT2D eigenvalue weighted by molar-refractivity contribution is 7.26. The summed E-state index contributed by atoms with van der Waals surface area (Å²) in [5.74, 6) is 0. The Morgan fingerprint density at radius 2 is 0.683 bits per heavy atom. The maximum Gasteiger partial charge on any atom is 0.143 e. The number of hydrogen-bond donors (Lipinski definition) is 0. The number of fused-ring (bicyclic) bond motifs is 40. The molecule has 5 aliphatic rings. The fraction of sp³-hybridized carbons (Fsp3) is 0.0598. The number of thiophene rings is 1. The molecule has 0 spiro atoms. The quantitative estimate of drug-likeness (QED) is 0.160. The first kappa shape index (κ1) is 67.7. The molecule has 3 heterocycles. The molecule has 0 radical (unpaired) electrons. The molecule has 0 bridgehead atoms. The van der Waals surface area contributed by atoms with E-state index < -0.39 is 0 Å². The van der Waals surface area contributed by atoms with E-state index >= 15 is 0 Å². The van der Waals surface area contributed by atoms with Gasteiger partial charge in [0.15, 0.2) is 0 Å². The summed E-state index contributed by atoms with van der Waals surface area (Å²) in [5, 5.41) is 29.1. The van der Waals surface area contributed by atoms with E-state index in [1.807, 2.05) is 11.3 Å². The maximum absolute atomic E-state index is 6.37. The topological polar surface area (TPSA) is 18.1 Å². The molecule has 0 saturated carbocycles. The van der Waals surface area contributed by atoms with Crippen LogP contribution in [0.1, 0.15) is 69.5 Å². The fourth-order valence-corrected chi connectivity index (χ4v) is 23.2. The summed E-state index contributed by atoms with van der Waals surface area (Å²) in [5.41, 5.74) is 34.5. The summed E-state index contributed by atoms with van der Waals surface area (Å²) >= 11 is 1.92. The Kier molecular flexibility index (Phi) is 14.5. The van der Waals surface area contributed by atoms with E-state index in [1.54, 1.807) is 0 Å². The molecule has 0 amide bonds. The minimum Gasteiger partial charge on any atom is -0.455 e. The average molecular weight is 1540 g/mol. The molecule has 0 aliphatic heterocycles. The summed E-state index contributed by atoms with van der Waals surface area (Å²) in [6.07, 6.45) is 4.00. The summed E-state index contributed by atoms with van der Waals surface area (Å²) in [6, 6.07) is 136. The van der Waals surface area contributed by atoms with E-state index in [0.717, 1.165) is 36.8 Å². The Labute approximate surface area is 697 Å². The first-order valence-electron chi connectivity index (χ1n) is 42.2. The van der Waals surface area contributed by atoms with Gasteiger partial charge in [-0.15, -0.1) is 11.3 Å². The van der Waals surface area contributed by atoms with Gasteiger partial charge in [-0.3, -0.25) is 0 Å². The van der Waals surface area contributed by atoms with Gasteiger partial charge >= 0.3 is 0 Å². The van der Waals surface area contributed by atoms with Crippen LogP contribution in [-0.2, 0) is 31.1 Å². The predicted octanol–water partition coefficient (Wildman–Crippen LogP) is 31.9. The number of benzene rings is 21. The number of nitrogens with zero attached hydrogens (tertiary/aromatic N) is 1. The standard InChI is InChI=1S/C33H21N.C30H22.C27H16O.C27H16S/c1-2-11-25(12-3-1)34-30-17-16-27-28(19-24-15-14-21-8-6-7-13-26(21)32(24)27)33(30)29-18-22-9-4-5-10-23(22)20-31(29)34;1-30(2)27-12-11-23-24-14-19-8-4-3-7-18(19)13-22(24)16-25(23)29(27)26-15-20-9-5-6-10-21(20)17-28(26)30;1-2-7-18-14-23-19(13-17(18)6-1)15-24-21(23)11-12-25-26(24)22-10-9-16-5-3-4-8-20(16)27(22)28-25;1-3-7-19-16(5-1)9-10-18-15-22-21(25(18)19)12-14-24-27(22)26-20-8-4-2-6-17(20)11-13-23(26)28-24/h1-18,20H,19H2;3-15,17H,16H2,1-2H3;2*1-14H,15H2. The Bertz CT molecular complexity index is 8640. The van der Waals surface area contributed by atoms with Gasteiger partial charge in [0.25, 0.3) is 0 Å². The molecule has 3 aromatic heterocycles. The second-order valence-electron chi connectivity index (χ2n) is 34.3. The SMILES string of the molecule is CC1(C)c2cc3ccccc3cc2-c2c1ccc1c2Cc2cc3ccccc3cc2-1.c1ccc(-n2c3cc4ccccc4cc3c3c4c(ccc32)-c2c(ccc3ccccc23)C4)cc1.c1ccc2c3c(ccc2c1)Cc1c-3ccc2sc3ccc4ccccc4c3c12.c1ccc2cc3c(cc2c1)Cc1c-3ccc2oc3c4ccccc4ccc3c12. The smallest absolute Gasteiger partial charge is 0.143 e. The third-order valence-corrected chi connectivity index (χ3v) is 28.7. The van der Waals surface area contributed by atoms with Crippen LogP contribution in [0.2, 0.25) is 0 Å². The van der Waals surface area contributed by atoms with Gasteiger partial charge in [0, 0.05) is 58.2 Å². The highest BCUT2D eigenvalue weighted by atomic mass is 32.1. The minimum atomic E-state index is 0.0310. The van der Waals surface area contributed by atoms with Crippen LogP contribution in [0, 0.1) is 0 Å². The summed E-state index contributed by atoms with van der Waals surface area (Å²) < 4.78 is 11.6. The predicted molar refractivity (Wildman–Crippen MR) is 511 cm³/mol. The zero-order chi connectivity index (χ0) is 78.7. The molecule has 24 aromatic rings. The average Bonchev–Trinajstić information content (AvgIpc) is 1.56. The van der Waals surface area contributed by atoms with Crippen LogP contribution in [0.5, 0.6) is 0 Å². The Hall–Kier alpha value is -14.5. The van der Waals surface area contributed by atoms with Crippen LogP contribution in [0.3, 0.4) is 0 Å². The normalized spacial score (nSPS) is 13.3. The molecule has 0 fully saturated rings. The van der Waals surface area contributed by atoms with Crippen molar-refractivity contribution in [1.29, 1.82) is 0 Å². The maximum atomic E-state index is 6.37. The minimum absolute atomic E-state index is 0.0310. The summed E-state index contributed by atoms with van der Waals surface area (Å²) in [7, 11) is 0. The molecule has 0 N–H and O–H groups in total.